The number of thioether (sulfide) groups is 2. The summed E-state index contributed by atoms with van der Waals surface area (Å²) >= 11 is 27.9. The Morgan fingerprint density at radius 3 is 1.67 bits per heavy atom. The number of amides is 2. The van der Waals surface area contributed by atoms with E-state index < -0.39 is 15.1 Å². The molecule has 5 aromatic rings. The Hall–Kier alpha value is -1.37. The van der Waals surface area contributed by atoms with Crippen LogP contribution in [0.3, 0.4) is 0 Å². The van der Waals surface area contributed by atoms with Crippen molar-refractivity contribution in [2.24, 2.45) is 0 Å². The van der Waals surface area contributed by atoms with Crippen molar-refractivity contribution in [3.05, 3.63) is 134 Å². The molecule has 3 aliphatic heterocycles. The van der Waals surface area contributed by atoms with E-state index in [9.17, 15) is 18.0 Å². The predicted molar refractivity (Wildman–Crippen MR) is 257 cm³/mol. The summed E-state index contributed by atoms with van der Waals surface area (Å²) in [5, 5.41) is 11.0. The lowest BCUT2D eigenvalue weighted by Gasteiger charge is -2.37. The van der Waals surface area contributed by atoms with E-state index in [1.54, 1.807) is 47.4 Å². The zero-order chi connectivity index (χ0) is 41.6. The third-order valence-corrected chi connectivity index (χ3v) is 21.0. The number of halogens is 4. The normalized spacial score (nSPS) is 24.2. The molecule has 17 heteroatoms. The van der Waals surface area contributed by atoms with Crippen molar-refractivity contribution in [3.8, 4) is 0 Å². The fraction of sp³-hybridized carbons (Fsp3) is 0.366. The number of nitrogens with zero attached hydrogens (tertiary/aromatic N) is 2. The van der Waals surface area contributed by atoms with Gasteiger partial charge in [0.2, 0.25) is 0 Å². The van der Waals surface area contributed by atoms with Gasteiger partial charge in [0.05, 0.1) is 26.3 Å². The molecule has 0 bridgehead atoms. The lowest BCUT2D eigenvalue weighted by Crippen LogP contribution is -2.50. The monoisotopic (exact) mass is 1060 g/mol. The number of hydrogen-bond acceptors (Lipinski definition) is 10. The highest BCUT2D eigenvalue weighted by Gasteiger charge is 2.41. The maximum atomic E-state index is 12.9. The number of carbonyl (C=O) groups is 2. The molecule has 3 saturated heterocycles. The molecule has 310 valence electrons. The zero-order valence-electron chi connectivity index (χ0n) is 31.9. The van der Waals surface area contributed by atoms with Crippen molar-refractivity contribution in [2.45, 2.75) is 54.6 Å². The van der Waals surface area contributed by atoms with Crippen molar-refractivity contribution in [1.82, 2.24) is 15.1 Å². The molecular formula is C41H43Br2Cl2N3O4S6. The molecule has 7 nitrogen and oxygen atoms in total. The molecule has 8 rings (SSSR count). The first kappa shape index (κ1) is 46.1. The summed E-state index contributed by atoms with van der Waals surface area (Å²) in [5.74, 6) is 2.02. The number of carbonyl (C=O) groups excluding carboxylic acids is 2. The van der Waals surface area contributed by atoms with Crippen LogP contribution in [0.15, 0.2) is 97.9 Å². The Labute approximate surface area is 388 Å². The average molecular weight is 1060 g/mol. The number of hydrogen-bond donors (Lipinski definition) is 1. The lowest BCUT2D eigenvalue weighted by molar-refractivity contribution is 0.0690. The highest BCUT2D eigenvalue weighted by Crippen LogP contribution is 2.39. The van der Waals surface area contributed by atoms with E-state index in [1.807, 2.05) is 57.6 Å². The average Bonchev–Trinajstić information content (AvgIpc) is 4.03. The summed E-state index contributed by atoms with van der Waals surface area (Å²) in [7, 11) is -3.28. The second kappa shape index (κ2) is 21.1. The van der Waals surface area contributed by atoms with Crippen molar-refractivity contribution in [1.29, 1.82) is 0 Å². The summed E-state index contributed by atoms with van der Waals surface area (Å²) in [6.45, 7) is 8.16. The minimum absolute atomic E-state index is 0.0361. The van der Waals surface area contributed by atoms with Crippen LogP contribution in [-0.2, 0) is 9.84 Å². The first-order chi connectivity index (χ1) is 27.7. The number of nitrogens with one attached hydrogen (secondary N) is 1. The van der Waals surface area contributed by atoms with Crippen LogP contribution in [0.1, 0.15) is 71.9 Å². The molecular weight excluding hydrogens is 1020 g/mol. The summed E-state index contributed by atoms with van der Waals surface area (Å²) in [5.41, 5.74) is 1.11. The number of benzene rings is 2. The molecule has 0 aliphatic carbocycles. The molecule has 58 heavy (non-hydrogen) atoms. The summed E-state index contributed by atoms with van der Waals surface area (Å²) in [6.07, 6.45) is 0. The molecule has 6 atom stereocenters. The Balaban J connectivity index is 0.000000154. The maximum absolute atomic E-state index is 12.9. The topological polar surface area (TPSA) is 86.8 Å². The number of thiophene rings is 3. The van der Waals surface area contributed by atoms with Crippen molar-refractivity contribution < 1.29 is 18.0 Å². The second-order valence-corrected chi connectivity index (χ2v) is 24.3. The lowest BCUT2D eigenvalue weighted by atomic mass is 10.1. The Bertz CT molecular complexity index is 2240. The zero-order valence-corrected chi connectivity index (χ0v) is 41.4. The van der Waals surface area contributed by atoms with Crippen molar-refractivity contribution in [3.63, 3.8) is 0 Å². The van der Waals surface area contributed by atoms with Gasteiger partial charge >= 0.3 is 0 Å². The van der Waals surface area contributed by atoms with Gasteiger partial charge in [0.25, 0.3) is 11.8 Å². The van der Waals surface area contributed by atoms with Crippen LogP contribution in [0.25, 0.3) is 0 Å². The van der Waals surface area contributed by atoms with Gasteiger partial charge in [0.1, 0.15) is 5.25 Å². The number of rotatable bonds is 5. The Morgan fingerprint density at radius 1 is 0.690 bits per heavy atom. The van der Waals surface area contributed by atoms with E-state index in [0.717, 1.165) is 28.2 Å². The molecule has 2 aromatic carbocycles. The van der Waals surface area contributed by atoms with Gasteiger partial charge in [-0.3, -0.25) is 9.59 Å². The van der Waals surface area contributed by atoms with E-state index >= 15 is 0 Å². The summed E-state index contributed by atoms with van der Waals surface area (Å²) in [4.78, 5) is 32.9. The van der Waals surface area contributed by atoms with Crippen LogP contribution in [-0.4, -0.2) is 85.1 Å². The van der Waals surface area contributed by atoms with E-state index in [1.165, 1.54) is 26.8 Å². The number of sulfone groups is 1. The minimum atomic E-state index is -3.28. The van der Waals surface area contributed by atoms with Gasteiger partial charge in [-0.2, -0.15) is 0 Å². The van der Waals surface area contributed by atoms with E-state index in [0.29, 0.717) is 42.2 Å². The van der Waals surface area contributed by atoms with Gasteiger partial charge in [-0.1, -0.05) is 41.4 Å². The molecule has 0 spiro atoms. The fourth-order valence-corrected chi connectivity index (χ4v) is 15.2. The van der Waals surface area contributed by atoms with Gasteiger partial charge in [-0.05, 0) is 123 Å². The van der Waals surface area contributed by atoms with E-state index in [-0.39, 0.29) is 36.2 Å². The van der Waals surface area contributed by atoms with Crippen molar-refractivity contribution in [2.75, 3.05) is 36.9 Å². The maximum Gasteiger partial charge on any atom is 0.254 e. The summed E-state index contributed by atoms with van der Waals surface area (Å²) < 4.78 is 26.6. The van der Waals surface area contributed by atoms with Crippen LogP contribution in [0.4, 0.5) is 0 Å². The highest BCUT2D eigenvalue weighted by molar-refractivity contribution is 9.10. The fourth-order valence-electron chi connectivity index (χ4n) is 6.66. The second-order valence-electron chi connectivity index (χ2n) is 14.2. The highest BCUT2D eigenvalue weighted by atomic mass is 79.9. The van der Waals surface area contributed by atoms with Gasteiger partial charge in [0, 0.05) is 84.0 Å². The molecule has 3 fully saturated rings. The predicted octanol–water partition coefficient (Wildman–Crippen LogP) is 12.2. The van der Waals surface area contributed by atoms with Crippen LogP contribution in [0, 0.1) is 0 Å². The standard InChI is InChI=1S/C16H15BrClNO3S2.C16H15BrClNOS2.C9H13NS2/c1-10-9-24(21,22)15(14-3-2-6-23-14)8-19(10)16(20)11-4-5-12(17)13(18)7-11;1-10-9-22-15(14-3-2-6-21-14)8-19(10)16(20)11-4-5-12(17)13(18)7-11;1-7-6-12-9(5-10-7)8-3-2-4-11-8/h2-7,10,15H,8-9H2,1H3;2-7,10,15H,8-9H2,1H3;2-4,7,9-10H,5-6H2,1H3/t2*10-,15-;7-,9-/m000/s1. The van der Waals surface area contributed by atoms with Crippen LogP contribution in [0.2, 0.25) is 10.0 Å². The van der Waals surface area contributed by atoms with Gasteiger partial charge < -0.3 is 15.1 Å². The van der Waals surface area contributed by atoms with Crippen LogP contribution in [0.5, 0.6) is 0 Å². The molecule has 6 heterocycles. The SMILES string of the molecule is C[C@H]1CS(=O)(=O)[C@H](c2cccs2)CN1C(=O)c1ccc(Br)c(Cl)c1.C[C@H]1CS[C@H](c2cccs2)CN1.C[C@H]1CS[C@H](c2cccs2)CN1C(=O)c1ccc(Br)c(Cl)c1. The third kappa shape index (κ3) is 11.8. The summed E-state index contributed by atoms with van der Waals surface area (Å²) in [6, 6.07) is 23.2. The molecule has 2 amide bonds. The molecule has 0 unspecified atom stereocenters. The largest absolute Gasteiger partial charge is 0.334 e. The quantitative estimate of drug-likeness (QED) is 0.188. The molecule has 0 radical (unpaired) electrons. The van der Waals surface area contributed by atoms with Gasteiger partial charge in [-0.25, -0.2) is 8.42 Å². The molecule has 3 aliphatic rings. The molecule has 3 aromatic heterocycles. The van der Waals surface area contributed by atoms with Gasteiger partial charge in [0.15, 0.2) is 9.84 Å². The molecule has 0 saturated carbocycles. The molecule has 1 N–H and O–H groups in total. The minimum Gasteiger partial charge on any atom is -0.334 e. The van der Waals surface area contributed by atoms with Gasteiger partial charge in [-0.15, -0.1) is 57.5 Å². The Morgan fingerprint density at radius 2 is 1.19 bits per heavy atom. The first-order valence-electron chi connectivity index (χ1n) is 18.5. The first-order valence-corrected chi connectivity index (χ1v) is 27.3. The van der Waals surface area contributed by atoms with E-state index in [4.69, 9.17) is 23.2 Å². The van der Waals surface area contributed by atoms with Crippen LogP contribution >= 0.6 is 113 Å². The van der Waals surface area contributed by atoms with Crippen molar-refractivity contribution >= 4 is 134 Å². The Kier molecular flexibility index (Phi) is 16.8. The van der Waals surface area contributed by atoms with Crippen LogP contribution < -0.4 is 5.32 Å². The van der Waals surface area contributed by atoms with E-state index in [2.05, 4.69) is 97.8 Å². The third-order valence-electron chi connectivity index (χ3n) is 9.87. The smallest absolute Gasteiger partial charge is 0.254 e.